The van der Waals surface area contributed by atoms with E-state index in [1.54, 1.807) is 32.0 Å². The molecule has 0 aliphatic carbocycles. The number of hydrogen-bond acceptors (Lipinski definition) is 5. The lowest BCUT2D eigenvalue weighted by Crippen LogP contribution is -2.23. The summed E-state index contributed by atoms with van der Waals surface area (Å²) in [5.74, 6) is -0.574. The van der Waals surface area contributed by atoms with Gasteiger partial charge >= 0.3 is 0 Å². The molecule has 0 unspecified atom stereocenters. The number of halogens is 1. The molecule has 2 rings (SSSR count). The van der Waals surface area contributed by atoms with Gasteiger partial charge in [-0.2, -0.15) is 0 Å². The minimum Gasteiger partial charge on any atom is -0.322 e. The number of amides is 1. The predicted octanol–water partition coefficient (Wildman–Crippen LogP) is 3.30. The van der Waals surface area contributed by atoms with Gasteiger partial charge in [0.15, 0.2) is 0 Å². The van der Waals surface area contributed by atoms with Crippen molar-refractivity contribution < 1.29 is 21.6 Å². The van der Waals surface area contributed by atoms with E-state index in [4.69, 9.17) is 11.6 Å². The summed E-state index contributed by atoms with van der Waals surface area (Å²) in [6.07, 6.45) is 0.472. The lowest BCUT2D eigenvalue weighted by atomic mass is 10.1. The number of rotatable bonds is 8. The molecule has 0 aromatic heterocycles. The molecule has 164 valence electrons. The highest BCUT2D eigenvalue weighted by Crippen LogP contribution is 2.27. The molecule has 2 N–H and O–H groups in total. The number of hydrogen-bond donors (Lipinski definition) is 2. The van der Waals surface area contributed by atoms with Crippen molar-refractivity contribution in [3.8, 4) is 0 Å². The first kappa shape index (κ1) is 24.1. The molecule has 1 amide bonds. The van der Waals surface area contributed by atoms with Crippen molar-refractivity contribution in [3.05, 3.63) is 52.5 Å². The van der Waals surface area contributed by atoms with E-state index < -0.39 is 26.0 Å². The van der Waals surface area contributed by atoms with Gasteiger partial charge in [0.1, 0.15) is 4.90 Å². The smallest absolute Gasteiger partial charge is 0.255 e. The van der Waals surface area contributed by atoms with Crippen LogP contribution in [0.4, 0.5) is 11.4 Å². The molecule has 8 nitrogen and oxygen atoms in total. The minimum atomic E-state index is -3.83. The zero-order valence-electron chi connectivity index (χ0n) is 17.1. The van der Waals surface area contributed by atoms with E-state index in [1.807, 2.05) is 0 Å². The third kappa shape index (κ3) is 5.51. The molecular formula is C19H24ClN3O5S2. The van der Waals surface area contributed by atoms with Crippen LogP contribution in [0.15, 0.2) is 41.3 Å². The second-order valence-electron chi connectivity index (χ2n) is 6.79. The second kappa shape index (κ2) is 9.34. The van der Waals surface area contributed by atoms with Crippen molar-refractivity contribution in [3.63, 3.8) is 0 Å². The summed E-state index contributed by atoms with van der Waals surface area (Å²) in [6.45, 7) is 3.43. The molecule has 0 aliphatic heterocycles. The standard InChI is InChI=1S/C19H24ClN3O5S2/c1-5-11-29(25,26)22-17-8-6-7-16(13(17)2)21-19(24)14-9-10-15(20)18(12-14)30(27,28)23(3)4/h6-10,12,22H,5,11H2,1-4H3,(H,21,24). The van der Waals surface area contributed by atoms with E-state index in [1.165, 1.54) is 32.3 Å². The van der Waals surface area contributed by atoms with Crippen LogP contribution in [0.3, 0.4) is 0 Å². The molecule has 2 aromatic rings. The number of carbonyl (C=O) groups is 1. The molecule has 0 spiro atoms. The molecule has 30 heavy (non-hydrogen) atoms. The summed E-state index contributed by atoms with van der Waals surface area (Å²) in [4.78, 5) is 12.5. The Hall–Kier alpha value is -2.14. The third-order valence-electron chi connectivity index (χ3n) is 4.27. The van der Waals surface area contributed by atoms with Crippen LogP contribution in [0.5, 0.6) is 0 Å². The Morgan fingerprint density at radius 3 is 2.30 bits per heavy atom. The van der Waals surface area contributed by atoms with E-state index in [0.717, 1.165) is 4.31 Å². The van der Waals surface area contributed by atoms with E-state index >= 15 is 0 Å². The lowest BCUT2D eigenvalue weighted by Gasteiger charge is -2.16. The monoisotopic (exact) mass is 473 g/mol. The predicted molar refractivity (Wildman–Crippen MR) is 119 cm³/mol. The average Bonchev–Trinajstić information content (AvgIpc) is 2.64. The van der Waals surface area contributed by atoms with Crippen molar-refractivity contribution in [2.24, 2.45) is 0 Å². The second-order valence-corrected chi connectivity index (χ2v) is 11.2. The van der Waals surface area contributed by atoms with E-state index in [-0.39, 0.29) is 21.2 Å². The van der Waals surface area contributed by atoms with Gasteiger partial charge in [-0.3, -0.25) is 9.52 Å². The fourth-order valence-corrected chi connectivity index (χ4v) is 5.19. The van der Waals surface area contributed by atoms with Crippen molar-refractivity contribution in [1.29, 1.82) is 0 Å². The van der Waals surface area contributed by atoms with Gasteiger partial charge in [0, 0.05) is 25.3 Å². The Labute approximate surface area is 182 Å². The van der Waals surface area contributed by atoms with E-state index in [2.05, 4.69) is 10.0 Å². The summed E-state index contributed by atoms with van der Waals surface area (Å²) in [5, 5.41) is 2.69. The van der Waals surface area contributed by atoms with Gasteiger partial charge in [0.25, 0.3) is 5.91 Å². The lowest BCUT2D eigenvalue weighted by molar-refractivity contribution is 0.102. The van der Waals surface area contributed by atoms with Crippen LogP contribution in [-0.4, -0.2) is 46.9 Å². The summed E-state index contributed by atoms with van der Waals surface area (Å²) in [7, 11) is -4.58. The number of benzene rings is 2. The largest absolute Gasteiger partial charge is 0.322 e. The van der Waals surface area contributed by atoms with Gasteiger partial charge in [-0.15, -0.1) is 0 Å². The normalized spacial score (nSPS) is 12.1. The molecule has 0 radical (unpaired) electrons. The van der Waals surface area contributed by atoms with Crippen LogP contribution in [0.2, 0.25) is 5.02 Å². The van der Waals surface area contributed by atoms with Gasteiger partial charge < -0.3 is 5.32 Å². The number of sulfonamides is 2. The fraction of sp³-hybridized carbons (Fsp3) is 0.316. The highest BCUT2D eigenvalue weighted by molar-refractivity contribution is 7.92. The zero-order valence-corrected chi connectivity index (χ0v) is 19.5. The molecule has 0 bridgehead atoms. The van der Waals surface area contributed by atoms with Crippen LogP contribution in [-0.2, 0) is 20.0 Å². The van der Waals surface area contributed by atoms with Gasteiger partial charge in [-0.25, -0.2) is 21.1 Å². The Balaban J connectivity index is 2.35. The minimum absolute atomic E-state index is 0.00348. The first-order chi connectivity index (χ1) is 13.9. The molecule has 0 atom stereocenters. The maximum atomic E-state index is 12.7. The number of anilines is 2. The average molecular weight is 474 g/mol. The van der Waals surface area contributed by atoms with Gasteiger partial charge in [0.05, 0.1) is 16.5 Å². The molecule has 0 aliphatic rings. The van der Waals surface area contributed by atoms with E-state index in [0.29, 0.717) is 23.4 Å². The third-order valence-corrected chi connectivity index (χ3v) is 8.05. The molecule has 0 saturated carbocycles. The summed E-state index contributed by atoms with van der Waals surface area (Å²) < 4.78 is 52.5. The quantitative estimate of drug-likeness (QED) is 0.610. The topological polar surface area (TPSA) is 113 Å². The van der Waals surface area contributed by atoms with Crippen molar-refractivity contribution in [1.82, 2.24) is 4.31 Å². The number of carbonyl (C=O) groups excluding carboxylic acids is 1. The van der Waals surface area contributed by atoms with Crippen LogP contribution in [0.1, 0.15) is 29.3 Å². The summed E-state index contributed by atoms with van der Waals surface area (Å²) in [6, 6.07) is 8.79. The molecule has 2 aromatic carbocycles. The van der Waals surface area contributed by atoms with Crippen LogP contribution in [0, 0.1) is 6.92 Å². The molecule has 0 heterocycles. The number of nitrogens with zero attached hydrogens (tertiary/aromatic N) is 1. The Morgan fingerprint density at radius 1 is 1.07 bits per heavy atom. The Bertz CT molecular complexity index is 1160. The van der Waals surface area contributed by atoms with Crippen molar-refractivity contribution in [2.75, 3.05) is 29.9 Å². The number of nitrogens with one attached hydrogen (secondary N) is 2. The molecule has 0 fully saturated rings. The maximum absolute atomic E-state index is 12.7. The van der Waals surface area contributed by atoms with Crippen molar-refractivity contribution >= 4 is 48.9 Å². The summed E-state index contributed by atoms with van der Waals surface area (Å²) >= 11 is 6.02. The fourth-order valence-electron chi connectivity index (χ4n) is 2.60. The van der Waals surface area contributed by atoms with Gasteiger partial charge in [-0.1, -0.05) is 24.6 Å². The highest BCUT2D eigenvalue weighted by atomic mass is 35.5. The zero-order chi connectivity index (χ0) is 22.7. The van der Waals surface area contributed by atoms with Crippen molar-refractivity contribution in [2.45, 2.75) is 25.2 Å². The Morgan fingerprint density at radius 2 is 1.70 bits per heavy atom. The van der Waals surface area contributed by atoms with Gasteiger partial charge in [-0.05, 0) is 49.2 Å². The van der Waals surface area contributed by atoms with Crippen LogP contribution < -0.4 is 10.0 Å². The van der Waals surface area contributed by atoms with Gasteiger partial charge in [0.2, 0.25) is 20.0 Å². The highest BCUT2D eigenvalue weighted by Gasteiger charge is 2.23. The van der Waals surface area contributed by atoms with E-state index in [9.17, 15) is 21.6 Å². The molecule has 11 heteroatoms. The maximum Gasteiger partial charge on any atom is 0.255 e. The Kier molecular flexibility index (Phi) is 7.51. The SMILES string of the molecule is CCCS(=O)(=O)Nc1cccc(NC(=O)c2ccc(Cl)c(S(=O)(=O)N(C)C)c2)c1C. The molecule has 0 saturated heterocycles. The first-order valence-corrected chi connectivity index (χ1v) is 12.5. The molecular weight excluding hydrogens is 450 g/mol. The first-order valence-electron chi connectivity index (χ1n) is 9.02. The summed E-state index contributed by atoms with van der Waals surface area (Å²) in [5.41, 5.74) is 1.37. The van der Waals surface area contributed by atoms with Crippen LogP contribution in [0.25, 0.3) is 0 Å². The van der Waals surface area contributed by atoms with Crippen LogP contribution >= 0.6 is 11.6 Å².